The van der Waals surface area contributed by atoms with Gasteiger partial charge in [-0.05, 0) is 42.9 Å². The molecule has 86 valence electrons. The molecule has 2 aromatic rings. The third kappa shape index (κ3) is 1.91. The van der Waals surface area contributed by atoms with E-state index < -0.39 is 0 Å². The average molecular weight is 246 g/mol. The molecule has 0 spiro atoms. The maximum atomic E-state index is 11.9. The Morgan fingerprint density at radius 3 is 3.06 bits per heavy atom. The van der Waals surface area contributed by atoms with Gasteiger partial charge in [0.2, 0.25) is 0 Å². The molecule has 1 aromatic carbocycles. The van der Waals surface area contributed by atoms with Crippen molar-refractivity contribution >= 4 is 33.4 Å². The number of carbonyl (C=O) groups is 1. The van der Waals surface area contributed by atoms with Gasteiger partial charge in [-0.25, -0.2) is 5.43 Å². The first kappa shape index (κ1) is 10.3. The van der Waals surface area contributed by atoms with Gasteiger partial charge in [-0.3, -0.25) is 4.79 Å². The van der Waals surface area contributed by atoms with Gasteiger partial charge in [0.25, 0.3) is 5.91 Å². The Bertz CT molecular complexity index is 598. The Morgan fingerprint density at radius 1 is 1.41 bits per heavy atom. The topological polar surface area (TPSA) is 67.2 Å². The van der Waals surface area contributed by atoms with Crippen LogP contribution in [0.1, 0.15) is 29.6 Å². The van der Waals surface area contributed by atoms with Crippen molar-refractivity contribution in [1.82, 2.24) is 15.0 Å². The molecule has 1 saturated carbocycles. The first-order valence-corrected chi connectivity index (χ1v) is 6.19. The summed E-state index contributed by atoms with van der Waals surface area (Å²) >= 11 is 1.23. The molecule has 0 unspecified atom stereocenters. The highest BCUT2D eigenvalue weighted by Crippen LogP contribution is 2.20. The molecule has 5 nitrogen and oxygen atoms in total. The summed E-state index contributed by atoms with van der Waals surface area (Å²) in [6.45, 7) is 0. The Labute approximate surface area is 102 Å². The van der Waals surface area contributed by atoms with Crippen LogP contribution in [0.5, 0.6) is 0 Å². The van der Waals surface area contributed by atoms with E-state index in [0.29, 0.717) is 5.56 Å². The molecule has 17 heavy (non-hydrogen) atoms. The van der Waals surface area contributed by atoms with E-state index in [2.05, 4.69) is 20.1 Å². The van der Waals surface area contributed by atoms with Gasteiger partial charge in [0.1, 0.15) is 5.52 Å². The minimum atomic E-state index is -0.193. The Morgan fingerprint density at radius 2 is 2.29 bits per heavy atom. The summed E-state index contributed by atoms with van der Waals surface area (Å²) in [5.74, 6) is -0.193. The van der Waals surface area contributed by atoms with E-state index in [1.165, 1.54) is 18.0 Å². The lowest BCUT2D eigenvalue weighted by molar-refractivity contribution is 0.0956. The van der Waals surface area contributed by atoms with Gasteiger partial charge in [-0.2, -0.15) is 5.10 Å². The predicted octanol–water partition coefficient (Wildman–Crippen LogP) is 1.96. The van der Waals surface area contributed by atoms with Gasteiger partial charge in [0.15, 0.2) is 0 Å². The van der Waals surface area contributed by atoms with Gasteiger partial charge in [0.05, 0.1) is 10.3 Å². The second-order valence-electron chi connectivity index (χ2n) is 3.90. The van der Waals surface area contributed by atoms with Crippen LogP contribution >= 0.6 is 11.5 Å². The quantitative estimate of drug-likeness (QED) is 0.824. The smallest absolute Gasteiger partial charge is 0.267 e. The highest BCUT2D eigenvalue weighted by Gasteiger charge is 2.14. The van der Waals surface area contributed by atoms with Gasteiger partial charge in [0, 0.05) is 5.71 Å². The number of hydrogen-bond acceptors (Lipinski definition) is 5. The molecule has 6 heteroatoms. The average Bonchev–Trinajstić information content (AvgIpc) is 2.74. The third-order valence-corrected chi connectivity index (χ3v) is 3.54. The Hall–Kier alpha value is -1.82. The van der Waals surface area contributed by atoms with E-state index in [9.17, 15) is 4.79 Å². The zero-order valence-electron chi connectivity index (χ0n) is 9.01. The number of amides is 1. The molecule has 1 fully saturated rings. The highest BCUT2D eigenvalue weighted by molar-refractivity contribution is 7.13. The Kier molecular flexibility index (Phi) is 2.56. The summed E-state index contributed by atoms with van der Waals surface area (Å²) in [5, 5.41) is 8.01. The largest absolute Gasteiger partial charge is 0.272 e. The molecule has 0 saturated heterocycles. The number of fused-ring (bicyclic) bond motifs is 1. The number of nitrogens with one attached hydrogen (secondary N) is 1. The van der Waals surface area contributed by atoms with Gasteiger partial charge in [-0.1, -0.05) is 10.6 Å². The molecule has 0 radical (unpaired) electrons. The van der Waals surface area contributed by atoms with E-state index in [-0.39, 0.29) is 5.91 Å². The van der Waals surface area contributed by atoms with E-state index >= 15 is 0 Å². The first-order chi connectivity index (χ1) is 8.34. The number of hydrazone groups is 1. The molecule has 1 aromatic heterocycles. The number of hydrogen-bond donors (Lipinski definition) is 1. The molecular formula is C11H10N4OS. The third-order valence-electron chi connectivity index (χ3n) is 2.77. The summed E-state index contributed by atoms with van der Waals surface area (Å²) in [6.07, 6.45) is 3.15. The van der Waals surface area contributed by atoms with E-state index in [1.807, 2.05) is 6.07 Å². The summed E-state index contributed by atoms with van der Waals surface area (Å²) in [6, 6.07) is 5.40. The van der Waals surface area contributed by atoms with Crippen molar-refractivity contribution < 1.29 is 4.79 Å². The SMILES string of the molecule is O=C(NN=C1CCC1)c1cccc2nnsc12. The zero-order chi connectivity index (χ0) is 11.7. The summed E-state index contributed by atoms with van der Waals surface area (Å²) in [7, 11) is 0. The normalized spacial score (nSPS) is 14.5. The van der Waals surface area contributed by atoms with Crippen molar-refractivity contribution in [2.24, 2.45) is 5.10 Å². The van der Waals surface area contributed by atoms with Crippen LogP contribution in [0.25, 0.3) is 10.2 Å². The maximum Gasteiger partial charge on any atom is 0.272 e. The lowest BCUT2D eigenvalue weighted by Crippen LogP contribution is -2.22. The standard InChI is InChI=1S/C11H10N4OS/c16-11(14-12-7-3-1-4-7)8-5-2-6-9-10(8)17-15-13-9/h2,5-6H,1,3-4H2,(H,14,16). The lowest BCUT2D eigenvalue weighted by atomic mass is 9.98. The first-order valence-electron chi connectivity index (χ1n) is 5.41. The second kappa shape index (κ2) is 4.21. The lowest BCUT2D eigenvalue weighted by Gasteiger charge is -2.13. The van der Waals surface area contributed by atoms with Crippen molar-refractivity contribution in [1.29, 1.82) is 0 Å². The molecule has 1 N–H and O–H groups in total. The molecule has 3 rings (SSSR count). The fourth-order valence-corrected chi connectivity index (χ4v) is 2.29. The Balaban J connectivity index is 1.87. The fourth-order valence-electron chi connectivity index (χ4n) is 1.62. The minimum Gasteiger partial charge on any atom is -0.267 e. The molecule has 0 aliphatic heterocycles. The minimum absolute atomic E-state index is 0.193. The van der Waals surface area contributed by atoms with Crippen LogP contribution in [0.15, 0.2) is 23.3 Å². The molecule has 1 heterocycles. The highest BCUT2D eigenvalue weighted by atomic mass is 32.1. The zero-order valence-corrected chi connectivity index (χ0v) is 9.83. The van der Waals surface area contributed by atoms with E-state index in [4.69, 9.17) is 0 Å². The maximum absolute atomic E-state index is 11.9. The molecule has 1 aliphatic rings. The van der Waals surface area contributed by atoms with Crippen molar-refractivity contribution in [2.45, 2.75) is 19.3 Å². The number of aromatic nitrogens is 2. The van der Waals surface area contributed by atoms with Crippen molar-refractivity contribution in [3.05, 3.63) is 23.8 Å². The fraction of sp³-hybridized carbons (Fsp3) is 0.273. The van der Waals surface area contributed by atoms with Gasteiger partial charge in [-0.15, -0.1) is 5.10 Å². The van der Waals surface area contributed by atoms with Crippen LogP contribution in [-0.2, 0) is 0 Å². The van der Waals surface area contributed by atoms with Gasteiger partial charge < -0.3 is 0 Å². The van der Waals surface area contributed by atoms with Crippen molar-refractivity contribution in [3.8, 4) is 0 Å². The monoisotopic (exact) mass is 246 g/mol. The van der Waals surface area contributed by atoms with Crippen molar-refractivity contribution in [2.75, 3.05) is 0 Å². The molecule has 0 atom stereocenters. The number of carbonyl (C=O) groups excluding carboxylic acids is 1. The summed E-state index contributed by atoms with van der Waals surface area (Å²) < 4.78 is 4.65. The van der Waals surface area contributed by atoms with Crippen LogP contribution in [0.2, 0.25) is 0 Å². The van der Waals surface area contributed by atoms with E-state index in [1.54, 1.807) is 12.1 Å². The van der Waals surface area contributed by atoms with Crippen LogP contribution in [-0.4, -0.2) is 21.2 Å². The number of nitrogens with zero attached hydrogens (tertiary/aromatic N) is 3. The summed E-state index contributed by atoms with van der Waals surface area (Å²) in [4.78, 5) is 11.9. The van der Waals surface area contributed by atoms with Gasteiger partial charge >= 0.3 is 0 Å². The molecule has 1 amide bonds. The predicted molar refractivity (Wildman–Crippen MR) is 66.2 cm³/mol. The molecule has 0 bridgehead atoms. The molecular weight excluding hydrogens is 236 g/mol. The van der Waals surface area contributed by atoms with Crippen LogP contribution < -0.4 is 5.43 Å². The van der Waals surface area contributed by atoms with Crippen molar-refractivity contribution in [3.63, 3.8) is 0 Å². The molecule has 1 aliphatic carbocycles. The van der Waals surface area contributed by atoms with Crippen LogP contribution in [0.4, 0.5) is 0 Å². The summed E-state index contributed by atoms with van der Waals surface area (Å²) in [5.41, 5.74) is 4.98. The van der Waals surface area contributed by atoms with E-state index in [0.717, 1.165) is 28.8 Å². The second-order valence-corrected chi connectivity index (χ2v) is 4.65. The van der Waals surface area contributed by atoms with Crippen LogP contribution in [0.3, 0.4) is 0 Å². The van der Waals surface area contributed by atoms with Crippen LogP contribution in [0, 0.1) is 0 Å². The number of benzene rings is 1. The number of rotatable bonds is 2.